The van der Waals surface area contributed by atoms with Gasteiger partial charge in [-0.15, -0.1) is 0 Å². The van der Waals surface area contributed by atoms with E-state index in [-0.39, 0.29) is 17.7 Å². The van der Waals surface area contributed by atoms with Gasteiger partial charge in [0.05, 0.1) is 6.54 Å². The van der Waals surface area contributed by atoms with Gasteiger partial charge in [-0.1, -0.05) is 18.2 Å². The lowest BCUT2D eigenvalue weighted by Crippen LogP contribution is -2.38. The number of likely N-dealkylation sites (N-methyl/N-ethyl adjacent to an activating group) is 1. The molecule has 3 N–H and O–H groups in total. The minimum absolute atomic E-state index is 0.101. The standard InChI is InChI=1S/C21H24N6O3/c1-13(28)22-8-10-26(2)21(30)19-15-12-27(9-7-17(15)24-25-19)20(29)18-11-14-5-3-4-6-16(14)23-18/h3-6,11,23H,7-10,12H2,1-2H3,(H,22,28)(H,24,25). The number of aromatic amines is 2. The molecule has 3 heterocycles. The number of amides is 3. The van der Waals surface area contributed by atoms with Crippen molar-refractivity contribution in [1.82, 2.24) is 30.3 Å². The number of fused-ring (bicyclic) bond motifs is 2. The normalized spacial score (nSPS) is 13.2. The molecule has 3 aromatic rings. The number of nitrogens with zero attached hydrogens (tertiary/aromatic N) is 3. The van der Waals surface area contributed by atoms with Crippen molar-refractivity contribution in [2.75, 3.05) is 26.7 Å². The lowest BCUT2D eigenvalue weighted by atomic mass is 10.0. The highest BCUT2D eigenvalue weighted by Crippen LogP contribution is 2.24. The van der Waals surface area contributed by atoms with Crippen LogP contribution in [0.5, 0.6) is 0 Å². The van der Waals surface area contributed by atoms with Crippen LogP contribution in [0.1, 0.15) is 39.2 Å². The molecule has 0 radical (unpaired) electrons. The minimum Gasteiger partial charge on any atom is -0.355 e. The number of carbonyl (C=O) groups excluding carboxylic acids is 3. The van der Waals surface area contributed by atoms with Gasteiger partial charge >= 0.3 is 0 Å². The molecular weight excluding hydrogens is 384 g/mol. The molecule has 0 spiro atoms. The molecule has 9 nitrogen and oxygen atoms in total. The van der Waals surface area contributed by atoms with E-state index in [1.165, 1.54) is 11.8 Å². The van der Waals surface area contributed by atoms with Gasteiger partial charge in [0.2, 0.25) is 5.91 Å². The molecule has 0 aliphatic carbocycles. The minimum atomic E-state index is -0.238. The van der Waals surface area contributed by atoms with Crippen LogP contribution in [0.3, 0.4) is 0 Å². The number of para-hydroxylation sites is 1. The molecule has 9 heteroatoms. The average molecular weight is 408 g/mol. The smallest absolute Gasteiger partial charge is 0.274 e. The molecular formula is C21H24N6O3. The average Bonchev–Trinajstić information content (AvgIpc) is 3.36. The molecule has 3 amide bonds. The monoisotopic (exact) mass is 408 g/mol. The third-order valence-electron chi connectivity index (χ3n) is 5.35. The number of H-pyrrole nitrogens is 2. The van der Waals surface area contributed by atoms with Crippen LogP contribution in [-0.4, -0.2) is 69.4 Å². The van der Waals surface area contributed by atoms with E-state index in [1.807, 2.05) is 30.3 Å². The first-order chi connectivity index (χ1) is 14.4. The fourth-order valence-electron chi connectivity index (χ4n) is 3.69. The molecule has 0 saturated carbocycles. The number of hydrogen-bond acceptors (Lipinski definition) is 4. The summed E-state index contributed by atoms with van der Waals surface area (Å²) < 4.78 is 0. The van der Waals surface area contributed by atoms with Crippen LogP contribution in [0, 0.1) is 0 Å². The molecule has 1 aliphatic rings. The highest BCUT2D eigenvalue weighted by molar-refractivity contribution is 5.98. The van der Waals surface area contributed by atoms with Crippen molar-refractivity contribution in [3.63, 3.8) is 0 Å². The van der Waals surface area contributed by atoms with E-state index in [0.717, 1.165) is 22.2 Å². The molecule has 0 unspecified atom stereocenters. The van der Waals surface area contributed by atoms with Crippen molar-refractivity contribution >= 4 is 28.6 Å². The van der Waals surface area contributed by atoms with Crippen molar-refractivity contribution in [2.45, 2.75) is 19.9 Å². The van der Waals surface area contributed by atoms with Crippen LogP contribution in [0.2, 0.25) is 0 Å². The van der Waals surface area contributed by atoms with Crippen LogP contribution >= 0.6 is 0 Å². The summed E-state index contributed by atoms with van der Waals surface area (Å²) in [6.45, 7) is 3.05. The second-order valence-corrected chi connectivity index (χ2v) is 7.49. The first kappa shape index (κ1) is 19.7. The Balaban J connectivity index is 1.49. The number of nitrogens with one attached hydrogen (secondary N) is 3. The van der Waals surface area contributed by atoms with Gasteiger partial charge in [-0.05, 0) is 12.1 Å². The Morgan fingerprint density at radius 1 is 1.27 bits per heavy atom. The summed E-state index contributed by atoms with van der Waals surface area (Å²) in [6, 6.07) is 9.60. The van der Waals surface area contributed by atoms with Crippen LogP contribution in [-0.2, 0) is 17.8 Å². The summed E-state index contributed by atoms with van der Waals surface area (Å²) in [5, 5.41) is 10.8. The molecule has 0 bridgehead atoms. The largest absolute Gasteiger partial charge is 0.355 e. The maximum Gasteiger partial charge on any atom is 0.274 e. The molecule has 30 heavy (non-hydrogen) atoms. The predicted molar refractivity (Wildman–Crippen MR) is 111 cm³/mol. The molecule has 0 atom stereocenters. The van der Waals surface area contributed by atoms with Gasteiger partial charge in [-0.3, -0.25) is 19.5 Å². The summed E-state index contributed by atoms with van der Waals surface area (Å²) in [7, 11) is 1.67. The van der Waals surface area contributed by atoms with Crippen LogP contribution in [0.4, 0.5) is 0 Å². The topological polar surface area (TPSA) is 114 Å². The Kier molecular flexibility index (Phi) is 5.26. The first-order valence-corrected chi connectivity index (χ1v) is 9.87. The van der Waals surface area contributed by atoms with Gasteiger partial charge in [-0.2, -0.15) is 5.10 Å². The van der Waals surface area contributed by atoms with Crippen molar-refractivity contribution < 1.29 is 14.4 Å². The second kappa shape index (κ2) is 8.02. The second-order valence-electron chi connectivity index (χ2n) is 7.49. The van der Waals surface area contributed by atoms with E-state index in [1.54, 1.807) is 11.9 Å². The van der Waals surface area contributed by atoms with Crippen LogP contribution in [0.25, 0.3) is 10.9 Å². The molecule has 0 saturated heterocycles. The van der Waals surface area contributed by atoms with E-state index in [9.17, 15) is 14.4 Å². The summed E-state index contributed by atoms with van der Waals surface area (Å²) >= 11 is 0. The number of rotatable bonds is 5. The third-order valence-corrected chi connectivity index (χ3v) is 5.35. The summed E-state index contributed by atoms with van der Waals surface area (Å²) in [6.07, 6.45) is 0.608. The van der Waals surface area contributed by atoms with Gasteiger partial charge < -0.3 is 20.1 Å². The highest BCUT2D eigenvalue weighted by Gasteiger charge is 2.30. The number of aromatic nitrogens is 3. The molecule has 1 aromatic carbocycles. The maximum absolute atomic E-state index is 13.0. The molecule has 2 aromatic heterocycles. The van der Waals surface area contributed by atoms with Gasteiger partial charge in [-0.25, -0.2) is 0 Å². The molecule has 156 valence electrons. The quantitative estimate of drug-likeness (QED) is 0.590. The molecule has 0 fully saturated rings. The maximum atomic E-state index is 13.0. The van der Waals surface area contributed by atoms with Crippen molar-refractivity contribution in [2.24, 2.45) is 0 Å². The van der Waals surface area contributed by atoms with Crippen LogP contribution < -0.4 is 5.32 Å². The van der Waals surface area contributed by atoms with E-state index >= 15 is 0 Å². The van der Waals surface area contributed by atoms with E-state index in [2.05, 4.69) is 20.5 Å². The zero-order valence-electron chi connectivity index (χ0n) is 17.0. The predicted octanol–water partition coefficient (Wildman–Crippen LogP) is 1.30. The molecule has 1 aliphatic heterocycles. The first-order valence-electron chi connectivity index (χ1n) is 9.87. The number of carbonyl (C=O) groups is 3. The summed E-state index contributed by atoms with van der Waals surface area (Å²) in [5.41, 5.74) is 3.41. The Morgan fingerprint density at radius 3 is 2.83 bits per heavy atom. The number of benzene rings is 1. The van der Waals surface area contributed by atoms with Crippen molar-refractivity contribution in [1.29, 1.82) is 0 Å². The zero-order valence-corrected chi connectivity index (χ0v) is 17.0. The Hall–Kier alpha value is -3.62. The SMILES string of the molecule is CC(=O)NCCN(C)C(=O)c1n[nH]c2c1CN(C(=O)c1cc3ccccc3[nH]1)CC2. The Labute approximate surface area is 173 Å². The summed E-state index contributed by atoms with van der Waals surface area (Å²) in [5.74, 6) is -0.479. The third kappa shape index (κ3) is 3.78. The lowest BCUT2D eigenvalue weighted by molar-refractivity contribution is -0.119. The Morgan fingerprint density at radius 2 is 2.07 bits per heavy atom. The highest BCUT2D eigenvalue weighted by atomic mass is 16.2. The number of hydrogen-bond donors (Lipinski definition) is 3. The van der Waals surface area contributed by atoms with Gasteiger partial charge in [0.25, 0.3) is 11.8 Å². The lowest BCUT2D eigenvalue weighted by Gasteiger charge is -2.27. The molecule has 4 rings (SSSR count). The summed E-state index contributed by atoms with van der Waals surface area (Å²) in [4.78, 5) is 43.3. The van der Waals surface area contributed by atoms with Crippen molar-refractivity contribution in [3.05, 3.63) is 53.0 Å². The fraction of sp³-hybridized carbons (Fsp3) is 0.333. The zero-order chi connectivity index (χ0) is 21.3. The van der Waals surface area contributed by atoms with E-state index in [4.69, 9.17) is 0 Å². The van der Waals surface area contributed by atoms with Gasteiger partial charge in [0.1, 0.15) is 5.69 Å². The van der Waals surface area contributed by atoms with Crippen LogP contribution in [0.15, 0.2) is 30.3 Å². The van der Waals surface area contributed by atoms with Gasteiger partial charge in [0.15, 0.2) is 5.69 Å². The van der Waals surface area contributed by atoms with Crippen molar-refractivity contribution in [3.8, 4) is 0 Å². The fourth-order valence-corrected chi connectivity index (χ4v) is 3.69. The van der Waals surface area contributed by atoms with E-state index < -0.39 is 0 Å². The van der Waals surface area contributed by atoms with Gasteiger partial charge in [0, 0.05) is 62.2 Å². The Bertz CT molecular complexity index is 1080. The van der Waals surface area contributed by atoms with E-state index in [0.29, 0.717) is 44.0 Å².